The molecule has 0 heteroatoms. The van der Waals surface area contributed by atoms with E-state index in [2.05, 4.69) is 47.6 Å². The highest BCUT2D eigenvalue weighted by Crippen LogP contribution is 2.28. The Hall–Kier alpha value is -0.260. The van der Waals surface area contributed by atoms with E-state index in [4.69, 9.17) is 0 Å². The molecule has 0 aromatic carbocycles. The minimum absolute atomic E-state index is 0.816. The van der Waals surface area contributed by atoms with Gasteiger partial charge >= 0.3 is 0 Å². The molecule has 0 nitrogen and oxygen atoms in total. The lowest BCUT2D eigenvalue weighted by atomic mass is 9.80. The zero-order valence-corrected chi connectivity index (χ0v) is 13.1. The van der Waals surface area contributed by atoms with E-state index in [0.717, 1.165) is 17.8 Å². The van der Waals surface area contributed by atoms with E-state index in [-0.39, 0.29) is 0 Å². The molecule has 2 unspecified atom stereocenters. The van der Waals surface area contributed by atoms with Crippen molar-refractivity contribution in [2.45, 2.75) is 80.1 Å². The summed E-state index contributed by atoms with van der Waals surface area (Å²) < 4.78 is 0. The molecule has 0 aliphatic heterocycles. The summed E-state index contributed by atoms with van der Waals surface area (Å²) in [6.45, 7) is 14.1. The van der Waals surface area contributed by atoms with Gasteiger partial charge in [-0.15, -0.1) is 0 Å². The Kier molecular flexibility index (Phi) is 9.59. The van der Waals surface area contributed by atoms with Gasteiger partial charge in [-0.3, -0.25) is 0 Å². The summed E-state index contributed by atoms with van der Waals surface area (Å²) in [4.78, 5) is 0. The number of hydrogen-bond acceptors (Lipinski definition) is 0. The van der Waals surface area contributed by atoms with Gasteiger partial charge in [-0.05, 0) is 37.0 Å². The molecule has 0 aliphatic carbocycles. The second-order valence-corrected chi connectivity index (χ2v) is 5.85. The van der Waals surface area contributed by atoms with Crippen LogP contribution in [0, 0.1) is 17.8 Å². The summed E-state index contributed by atoms with van der Waals surface area (Å²) in [5.74, 6) is 2.56. The first-order valence-electron chi connectivity index (χ1n) is 7.74. The van der Waals surface area contributed by atoms with Crippen molar-refractivity contribution in [2.24, 2.45) is 17.8 Å². The summed E-state index contributed by atoms with van der Waals surface area (Å²) in [5, 5.41) is 0. The molecule has 0 N–H and O–H groups in total. The Morgan fingerprint density at radius 2 is 1.65 bits per heavy atom. The highest BCUT2D eigenvalue weighted by molar-refractivity contribution is 5.01. The summed E-state index contributed by atoms with van der Waals surface area (Å²) in [6, 6.07) is 0. The van der Waals surface area contributed by atoms with E-state index >= 15 is 0 Å². The van der Waals surface area contributed by atoms with Crippen LogP contribution in [0.3, 0.4) is 0 Å². The molecule has 0 saturated carbocycles. The maximum absolute atomic E-state index is 2.54. The highest BCUT2D eigenvalue weighted by Gasteiger charge is 2.18. The molecular weight excluding hydrogens is 204 g/mol. The Morgan fingerprint density at radius 1 is 1.00 bits per heavy atom. The maximum atomic E-state index is 2.54. The summed E-state index contributed by atoms with van der Waals surface area (Å²) in [6.07, 6.45) is 10.4. The molecule has 102 valence electrons. The molecule has 0 rings (SSSR count). The van der Waals surface area contributed by atoms with Crippen molar-refractivity contribution in [3.05, 3.63) is 11.6 Å². The van der Waals surface area contributed by atoms with Gasteiger partial charge in [0, 0.05) is 0 Å². The van der Waals surface area contributed by atoms with Crippen LogP contribution < -0.4 is 0 Å². The minimum atomic E-state index is 0.816. The lowest BCUT2D eigenvalue weighted by molar-refractivity contribution is 0.261. The quantitative estimate of drug-likeness (QED) is 0.418. The largest absolute Gasteiger partial charge is 0.0851 e. The van der Waals surface area contributed by atoms with Crippen molar-refractivity contribution >= 4 is 0 Å². The number of rotatable bonds is 9. The van der Waals surface area contributed by atoms with Gasteiger partial charge in [0.1, 0.15) is 0 Å². The Morgan fingerprint density at radius 3 is 2.06 bits per heavy atom. The average molecular weight is 238 g/mol. The van der Waals surface area contributed by atoms with E-state index in [0.29, 0.717) is 0 Å². The van der Waals surface area contributed by atoms with Crippen LogP contribution in [0.5, 0.6) is 0 Å². The van der Waals surface area contributed by atoms with Crippen molar-refractivity contribution in [3.8, 4) is 0 Å². The predicted molar refractivity (Wildman–Crippen MR) is 80.3 cm³/mol. The Bertz CT molecular complexity index is 200. The van der Waals surface area contributed by atoms with Crippen LogP contribution >= 0.6 is 0 Å². The lowest BCUT2D eigenvalue weighted by Crippen LogP contribution is -2.16. The maximum Gasteiger partial charge on any atom is -0.0317 e. The van der Waals surface area contributed by atoms with Gasteiger partial charge in [-0.1, -0.05) is 72.5 Å². The van der Waals surface area contributed by atoms with Crippen LogP contribution in [0.2, 0.25) is 0 Å². The summed E-state index contributed by atoms with van der Waals surface area (Å²) in [7, 11) is 0. The number of hydrogen-bond donors (Lipinski definition) is 0. The molecule has 0 radical (unpaired) electrons. The molecule has 0 saturated heterocycles. The Labute approximate surface area is 110 Å². The molecule has 0 fully saturated rings. The van der Waals surface area contributed by atoms with Crippen LogP contribution in [0.15, 0.2) is 11.6 Å². The third-order valence-corrected chi connectivity index (χ3v) is 4.19. The van der Waals surface area contributed by atoms with Gasteiger partial charge in [0.15, 0.2) is 0 Å². The molecular formula is C17H34. The average Bonchev–Trinajstić information content (AvgIpc) is 2.31. The standard InChI is InChI=1S/C17H34/c1-7-10-16(9-3)12-13-17(11-8-2)15(6)14(4)5/h12,14-15,17H,7-11,13H2,1-6H3. The first-order chi connectivity index (χ1) is 8.06. The van der Waals surface area contributed by atoms with Crippen LogP contribution in [0.25, 0.3) is 0 Å². The molecule has 0 aromatic heterocycles. The van der Waals surface area contributed by atoms with Gasteiger partial charge in [-0.2, -0.15) is 0 Å². The summed E-state index contributed by atoms with van der Waals surface area (Å²) >= 11 is 0. The van der Waals surface area contributed by atoms with E-state index in [1.54, 1.807) is 5.57 Å². The van der Waals surface area contributed by atoms with Gasteiger partial charge in [0.2, 0.25) is 0 Å². The smallest absolute Gasteiger partial charge is 0.0317 e. The van der Waals surface area contributed by atoms with E-state index in [9.17, 15) is 0 Å². The fourth-order valence-electron chi connectivity index (χ4n) is 2.57. The second kappa shape index (κ2) is 9.74. The first-order valence-corrected chi connectivity index (χ1v) is 7.74. The van der Waals surface area contributed by atoms with E-state index < -0.39 is 0 Å². The fraction of sp³-hybridized carbons (Fsp3) is 0.882. The first kappa shape index (κ1) is 16.7. The highest BCUT2D eigenvalue weighted by atomic mass is 14.2. The molecule has 17 heavy (non-hydrogen) atoms. The van der Waals surface area contributed by atoms with Gasteiger partial charge in [0.05, 0.1) is 0 Å². The van der Waals surface area contributed by atoms with Crippen molar-refractivity contribution < 1.29 is 0 Å². The van der Waals surface area contributed by atoms with Crippen LogP contribution in [-0.4, -0.2) is 0 Å². The molecule has 0 spiro atoms. The minimum Gasteiger partial charge on any atom is -0.0851 e. The number of allylic oxidation sites excluding steroid dienone is 2. The molecule has 0 amide bonds. The second-order valence-electron chi connectivity index (χ2n) is 5.85. The lowest BCUT2D eigenvalue weighted by Gasteiger charge is -2.26. The van der Waals surface area contributed by atoms with Crippen molar-refractivity contribution in [2.75, 3.05) is 0 Å². The van der Waals surface area contributed by atoms with Crippen molar-refractivity contribution in [1.29, 1.82) is 0 Å². The third kappa shape index (κ3) is 6.91. The molecule has 0 heterocycles. The zero-order valence-electron chi connectivity index (χ0n) is 13.1. The van der Waals surface area contributed by atoms with Gasteiger partial charge < -0.3 is 0 Å². The predicted octanol–water partition coefficient (Wildman–Crippen LogP) is 6.22. The summed E-state index contributed by atoms with van der Waals surface area (Å²) in [5.41, 5.74) is 1.67. The van der Waals surface area contributed by atoms with Gasteiger partial charge in [0.25, 0.3) is 0 Å². The van der Waals surface area contributed by atoms with Crippen LogP contribution in [0.4, 0.5) is 0 Å². The van der Waals surface area contributed by atoms with Crippen molar-refractivity contribution in [3.63, 3.8) is 0 Å². The molecule has 0 bridgehead atoms. The topological polar surface area (TPSA) is 0 Å². The normalized spacial score (nSPS) is 16.3. The Balaban J connectivity index is 4.42. The zero-order chi connectivity index (χ0) is 13.3. The van der Waals surface area contributed by atoms with Crippen molar-refractivity contribution in [1.82, 2.24) is 0 Å². The SMILES string of the molecule is CCCC(=CCC(CCC)C(C)C(C)C)CC. The molecule has 0 aliphatic rings. The third-order valence-electron chi connectivity index (χ3n) is 4.19. The van der Waals surface area contributed by atoms with E-state index in [1.165, 1.54) is 38.5 Å². The van der Waals surface area contributed by atoms with Crippen LogP contribution in [0.1, 0.15) is 80.1 Å². The monoisotopic (exact) mass is 238 g/mol. The molecule has 0 aromatic rings. The molecule has 2 atom stereocenters. The van der Waals surface area contributed by atoms with Gasteiger partial charge in [-0.25, -0.2) is 0 Å². The van der Waals surface area contributed by atoms with Crippen LogP contribution in [-0.2, 0) is 0 Å². The fourth-order valence-corrected chi connectivity index (χ4v) is 2.57. The van der Waals surface area contributed by atoms with E-state index in [1.807, 2.05) is 0 Å².